The number of urea groups is 2. The number of halogens is 2. The smallest absolute Gasteiger partial charge is 0.313 e. The Labute approximate surface area is 148 Å². The van der Waals surface area contributed by atoms with E-state index in [4.69, 9.17) is 23.2 Å². The number of hydrogen-bond donors (Lipinski definition) is 4. The van der Waals surface area contributed by atoms with Gasteiger partial charge in [-0.2, -0.15) is 0 Å². The van der Waals surface area contributed by atoms with Crippen LogP contribution in [0.4, 0.5) is 21.0 Å². The maximum absolute atomic E-state index is 11.6. The number of benzene rings is 2. The van der Waals surface area contributed by atoms with Crippen LogP contribution in [0.3, 0.4) is 0 Å². The van der Waals surface area contributed by atoms with E-state index in [2.05, 4.69) is 21.3 Å². The van der Waals surface area contributed by atoms with Crippen LogP contribution < -0.4 is 21.3 Å². The average Bonchev–Trinajstić information content (AvgIpc) is 2.51. The third-order valence-electron chi connectivity index (χ3n) is 2.68. The van der Waals surface area contributed by atoms with Crippen LogP contribution in [-0.4, -0.2) is 12.1 Å². The molecule has 0 aliphatic carbocycles. The molecule has 0 fully saturated rings. The molecular formula is C16H14Cl2N4O2. The quantitative estimate of drug-likeness (QED) is 0.647. The molecule has 0 radical (unpaired) electrons. The van der Waals surface area contributed by atoms with Gasteiger partial charge in [-0.1, -0.05) is 35.3 Å². The van der Waals surface area contributed by atoms with Gasteiger partial charge in [0.2, 0.25) is 0 Å². The summed E-state index contributed by atoms with van der Waals surface area (Å²) in [5.74, 6) is 0. The summed E-state index contributed by atoms with van der Waals surface area (Å²) in [7, 11) is 0. The Kier molecular flexibility index (Phi) is 6.48. The van der Waals surface area contributed by atoms with Crippen molar-refractivity contribution in [3.05, 3.63) is 71.0 Å². The second-order valence-corrected chi connectivity index (χ2v) is 5.42. The number of nitrogens with one attached hydrogen (secondary N) is 4. The van der Waals surface area contributed by atoms with E-state index in [9.17, 15) is 9.59 Å². The molecule has 0 aliphatic heterocycles. The molecule has 4 amide bonds. The summed E-state index contributed by atoms with van der Waals surface area (Å²) >= 11 is 11.6. The monoisotopic (exact) mass is 364 g/mol. The van der Waals surface area contributed by atoms with Crippen molar-refractivity contribution in [2.24, 2.45) is 0 Å². The van der Waals surface area contributed by atoms with Crippen molar-refractivity contribution < 1.29 is 9.59 Å². The zero-order chi connectivity index (χ0) is 17.4. The minimum atomic E-state index is -0.467. The Balaban J connectivity index is 1.73. The molecule has 24 heavy (non-hydrogen) atoms. The van der Waals surface area contributed by atoms with Gasteiger partial charge in [0.25, 0.3) is 0 Å². The highest BCUT2D eigenvalue weighted by atomic mass is 35.5. The van der Waals surface area contributed by atoms with Crippen molar-refractivity contribution >= 4 is 46.6 Å². The van der Waals surface area contributed by atoms with Gasteiger partial charge >= 0.3 is 12.1 Å². The lowest BCUT2D eigenvalue weighted by Gasteiger charge is -2.06. The summed E-state index contributed by atoms with van der Waals surface area (Å²) in [6.07, 6.45) is 2.58. The second kappa shape index (κ2) is 8.81. The van der Waals surface area contributed by atoms with Gasteiger partial charge in [-0.15, -0.1) is 0 Å². The maximum Gasteiger partial charge on any atom is 0.323 e. The number of amides is 4. The fourth-order valence-corrected chi connectivity index (χ4v) is 2.08. The van der Waals surface area contributed by atoms with Gasteiger partial charge in [0.15, 0.2) is 0 Å². The van der Waals surface area contributed by atoms with Crippen LogP contribution in [0.25, 0.3) is 0 Å². The maximum atomic E-state index is 11.6. The predicted molar refractivity (Wildman–Crippen MR) is 96.4 cm³/mol. The van der Waals surface area contributed by atoms with Crippen molar-refractivity contribution in [1.82, 2.24) is 10.6 Å². The summed E-state index contributed by atoms with van der Waals surface area (Å²) in [5.41, 5.74) is 1.11. The van der Waals surface area contributed by atoms with E-state index in [0.29, 0.717) is 21.4 Å². The van der Waals surface area contributed by atoms with Crippen LogP contribution in [0.5, 0.6) is 0 Å². The van der Waals surface area contributed by atoms with Crippen molar-refractivity contribution in [1.29, 1.82) is 0 Å². The van der Waals surface area contributed by atoms with Gasteiger partial charge in [-0.05, 0) is 36.4 Å². The van der Waals surface area contributed by atoms with E-state index in [1.165, 1.54) is 12.4 Å². The molecule has 0 bridgehead atoms. The number of hydrogen-bond acceptors (Lipinski definition) is 2. The third kappa shape index (κ3) is 6.20. The van der Waals surface area contributed by atoms with Gasteiger partial charge < -0.3 is 21.3 Å². The number of rotatable bonds is 4. The van der Waals surface area contributed by atoms with Crippen LogP contribution in [0, 0.1) is 0 Å². The zero-order valence-corrected chi connectivity index (χ0v) is 13.9. The lowest BCUT2D eigenvalue weighted by molar-refractivity contribution is 0.253. The van der Waals surface area contributed by atoms with Crippen molar-refractivity contribution in [3.63, 3.8) is 0 Å². The molecule has 0 saturated carbocycles. The Bertz CT molecular complexity index is 702. The van der Waals surface area contributed by atoms with Crippen LogP contribution >= 0.6 is 23.2 Å². The normalized spacial score (nSPS) is 10.2. The summed E-state index contributed by atoms with van der Waals surface area (Å²) in [6, 6.07) is 12.5. The molecule has 2 aromatic rings. The summed E-state index contributed by atoms with van der Waals surface area (Å²) in [5, 5.41) is 11.1. The van der Waals surface area contributed by atoms with Crippen LogP contribution in [0.1, 0.15) is 0 Å². The largest absolute Gasteiger partial charge is 0.323 e. The van der Waals surface area contributed by atoms with Gasteiger partial charge in [-0.3, -0.25) is 0 Å². The highest BCUT2D eigenvalue weighted by molar-refractivity contribution is 6.31. The molecule has 0 unspecified atom stereocenters. The molecule has 0 spiro atoms. The average molecular weight is 365 g/mol. The van der Waals surface area contributed by atoms with E-state index < -0.39 is 12.1 Å². The van der Waals surface area contributed by atoms with E-state index in [1.807, 2.05) is 0 Å². The van der Waals surface area contributed by atoms with Crippen molar-refractivity contribution in [3.8, 4) is 0 Å². The molecule has 2 rings (SSSR count). The highest BCUT2D eigenvalue weighted by Crippen LogP contribution is 2.15. The van der Waals surface area contributed by atoms with Gasteiger partial charge in [0, 0.05) is 33.8 Å². The molecule has 0 aromatic heterocycles. The molecule has 0 atom stereocenters. The van der Waals surface area contributed by atoms with Gasteiger partial charge in [-0.25, -0.2) is 9.59 Å². The Morgan fingerprint density at radius 2 is 1.17 bits per heavy atom. The van der Waals surface area contributed by atoms with Crippen LogP contribution in [-0.2, 0) is 0 Å². The lowest BCUT2D eigenvalue weighted by Crippen LogP contribution is -2.27. The van der Waals surface area contributed by atoms with Crippen molar-refractivity contribution in [2.45, 2.75) is 0 Å². The molecule has 2 aromatic carbocycles. The predicted octanol–water partition coefficient (Wildman–Crippen LogP) is 4.41. The van der Waals surface area contributed by atoms with E-state index in [-0.39, 0.29) is 0 Å². The van der Waals surface area contributed by atoms with E-state index in [1.54, 1.807) is 48.5 Å². The number of carbonyl (C=O) groups is 2. The molecule has 0 saturated heterocycles. The Morgan fingerprint density at radius 1 is 0.750 bits per heavy atom. The molecule has 0 heterocycles. The standard InChI is InChI=1S/C16H14Cl2N4O2/c17-11-3-1-5-13(9-11)21-15(23)19-7-8-20-16(24)22-14-6-2-4-12(18)10-14/h1-10H,(H2,19,21,23)(H2,20,22,24). The molecule has 0 aliphatic rings. The van der Waals surface area contributed by atoms with Gasteiger partial charge in [0.1, 0.15) is 0 Å². The molecule has 8 heteroatoms. The minimum absolute atomic E-state index is 0.467. The lowest BCUT2D eigenvalue weighted by atomic mass is 10.3. The SMILES string of the molecule is O=C(NC=CNC(=O)Nc1cccc(Cl)c1)Nc1cccc(Cl)c1. The van der Waals surface area contributed by atoms with E-state index in [0.717, 1.165) is 0 Å². The number of anilines is 2. The second-order valence-electron chi connectivity index (χ2n) is 4.55. The van der Waals surface area contributed by atoms with Crippen LogP contribution in [0.2, 0.25) is 10.0 Å². The molecule has 6 nitrogen and oxygen atoms in total. The topological polar surface area (TPSA) is 82.3 Å². The summed E-state index contributed by atoms with van der Waals surface area (Å²) in [6.45, 7) is 0. The molecule has 124 valence electrons. The Morgan fingerprint density at radius 3 is 1.54 bits per heavy atom. The molecule has 4 N–H and O–H groups in total. The minimum Gasteiger partial charge on any atom is -0.313 e. The summed E-state index contributed by atoms with van der Waals surface area (Å²) in [4.78, 5) is 23.3. The fraction of sp³-hybridized carbons (Fsp3) is 0. The first-order valence-electron chi connectivity index (χ1n) is 6.84. The summed E-state index contributed by atoms with van der Waals surface area (Å²) < 4.78 is 0. The first kappa shape index (κ1) is 17.7. The fourth-order valence-electron chi connectivity index (χ4n) is 1.70. The van der Waals surface area contributed by atoms with Crippen LogP contribution in [0.15, 0.2) is 60.9 Å². The number of carbonyl (C=O) groups excluding carboxylic acids is 2. The first-order chi connectivity index (χ1) is 11.5. The zero-order valence-electron chi connectivity index (χ0n) is 12.3. The third-order valence-corrected chi connectivity index (χ3v) is 3.15. The van der Waals surface area contributed by atoms with Gasteiger partial charge in [0.05, 0.1) is 0 Å². The van der Waals surface area contributed by atoms with E-state index >= 15 is 0 Å². The highest BCUT2D eigenvalue weighted by Gasteiger charge is 2.01. The van der Waals surface area contributed by atoms with Crippen molar-refractivity contribution in [2.75, 3.05) is 10.6 Å². The molecular weight excluding hydrogens is 351 g/mol. The Hall–Kier alpha value is -2.70. The first-order valence-corrected chi connectivity index (χ1v) is 7.60.